The van der Waals surface area contributed by atoms with Crippen LogP contribution in [0.2, 0.25) is 0 Å². The van der Waals surface area contributed by atoms with Crippen molar-refractivity contribution in [3.8, 4) is 0 Å². The number of rotatable bonds is 6. The van der Waals surface area contributed by atoms with Crippen LogP contribution in [0.15, 0.2) is 42.5 Å². The van der Waals surface area contributed by atoms with E-state index in [0.717, 1.165) is 13.0 Å². The van der Waals surface area contributed by atoms with Crippen LogP contribution < -0.4 is 5.73 Å². The van der Waals surface area contributed by atoms with Crippen LogP contribution in [0, 0.1) is 0 Å². The van der Waals surface area contributed by atoms with Gasteiger partial charge in [0.25, 0.3) is 0 Å². The molecule has 2 aromatic rings. The van der Waals surface area contributed by atoms with Crippen molar-refractivity contribution in [1.29, 1.82) is 0 Å². The van der Waals surface area contributed by atoms with Crippen molar-refractivity contribution in [1.82, 2.24) is 4.90 Å². The second-order valence-corrected chi connectivity index (χ2v) is 5.69. The average Bonchev–Trinajstić information content (AvgIpc) is 2.47. The lowest BCUT2D eigenvalue weighted by atomic mass is 9.99. The lowest BCUT2D eigenvalue weighted by molar-refractivity contribution is 0.157. The first-order valence-electron chi connectivity index (χ1n) is 7.61. The average molecular weight is 270 g/mol. The molecular weight excluding hydrogens is 244 g/mol. The molecule has 0 fully saturated rings. The first-order chi connectivity index (χ1) is 9.67. The maximum atomic E-state index is 6.08. The number of benzene rings is 2. The Morgan fingerprint density at radius 1 is 1.05 bits per heavy atom. The summed E-state index contributed by atoms with van der Waals surface area (Å²) < 4.78 is 0. The van der Waals surface area contributed by atoms with Crippen molar-refractivity contribution in [2.75, 3.05) is 13.1 Å². The van der Waals surface area contributed by atoms with E-state index < -0.39 is 0 Å². The van der Waals surface area contributed by atoms with E-state index in [9.17, 15) is 0 Å². The van der Waals surface area contributed by atoms with Gasteiger partial charge < -0.3 is 5.73 Å². The number of hydrogen-bond acceptors (Lipinski definition) is 2. The van der Waals surface area contributed by atoms with Crippen molar-refractivity contribution in [3.63, 3.8) is 0 Å². The van der Waals surface area contributed by atoms with E-state index in [4.69, 9.17) is 5.73 Å². The fourth-order valence-corrected chi connectivity index (χ4v) is 2.91. The topological polar surface area (TPSA) is 29.3 Å². The van der Waals surface area contributed by atoms with Crippen molar-refractivity contribution in [2.45, 2.75) is 39.3 Å². The quantitative estimate of drug-likeness (QED) is 0.861. The molecule has 108 valence electrons. The van der Waals surface area contributed by atoms with E-state index in [-0.39, 0.29) is 0 Å². The SMILES string of the molecule is CCCN(C(C)C)C(CN)c1ccc2ccccc2c1. The van der Waals surface area contributed by atoms with Crippen LogP contribution in [0.5, 0.6) is 0 Å². The van der Waals surface area contributed by atoms with E-state index in [1.165, 1.54) is 16.3 Å². The Labute approximate surface area is 122 Å². The van der Waals surface area contributed by atoms with Gasteiger partial charge in [0.2, 0.25) is 0 Å². The van der Waals surface area contributed by atoms with Gasteiger partial charge in [0.15, 0.2) is 0 Å². The molecule has 0 bridgehead atoms. The van der Waals surface area contributed by atoms with Crippen molar-refractivity contribution in [2.24, 2.45) is 5.73 Å². The molecule has 2 N–H and O–H groups in total. The van der Waals surface area contributed by atoms with Gasteiger partial charge in [-0.15, -0.1) is 0 Å². The van der Waals surface area contributed by atoms with Crippen LogP contribution in [-0.4, -0.2) is 24.0 Å². The summed E-state index contributed by atoms with van der Waals surface area (Å²) in [5.41, 5.74) is 7.40. The lowest BCUT2D eigenvalue weighted by Gasteiger charge is -2.34. The molecule has 2 nitrogen and oxygen atoms in total. The highest BCUT2D eigenvalue weighted by molar-refractivity contribution is 5.83. The van der Waals surface area contributed by atoms with Crippen LogP contribution in [-0.2, 0) is 0 Å². The highest BCUT2D eigenvalue weighted by Gasteiger charge is 2.20. The highest BCUT2D eigenvalue weighted by Crippen LogP contribution is 2.25. The third-order valence-electron chi connectivity index (χ3n) is 3.93. The molecule has 0 amide bonds. The summed E-state index contributed by atoms with van der Waals surface area (Å²) in [5.74, 6) is 0. The summed E-state index contributed by atoms with van der Waals surface area (Å²) in [6.45, 7) is 8.48. The highest BCUT2D eigenvalue weighted by atomic mass is 15.2. The molecule has 2 aromatic carbocycles. The summed E-state index contributed by atoms with van der Waals surface area (Å²) in [5, 5.41) is 2.59. The Bertz CT molecular complexity index is 548. The van der Waals surface area contributed by atoms with Gasteiger partial charge >= 0.3 is 0 Å². The molecule has 1 unspecified atom stereocenters. The predicted octanol–water partition coefficient (Wildman–Crippen LogP) is 3.96. The van der Waals surface area contributed by atoms with E-state index in [1.807, 2.05) is 0 Å². The molecule has 0 spiro atoms. The summed E-state index contributed by atoms with van der Waals surface area (Å²) in [6.07, 6.45) is 1.16. The standard InChI is InChI=1S/C18H26N2/c1-4-11-20(14(2)3)18(13-19)17-10-9-15-7-5-6-8-16(15)12-17/h5-10,12,14,18H,4,11,13,19H2,1-3H3. The van der Waals surface area contributed by atoms with Gasteiger partial charge in [-0.1, -0.05) is 43.3 Å². The third kappa shape index (κ3) is 3.20. The summed E-state index contributed by atoms with van der Waals surface area (Å²) in [7, 11) is 0. The zero-order valence-electron chi connectivity index (χ0n) is 12.8. The Balaban J connectivity index is 2.37. The van der Waals surface area contributed by atoms with Gasteiger partial charge in [-0.3, -0.25) is 4.90 Å². The molecule has 2 heteroatoms. The first-order valence-corrected chi connectivity index (χ1v) is 7.61. The van der Waals surface area contributed by atoms with Crippen molar-refractivity contribution >= 4 is 10.8 Å². The second-order valence-electron chi connectivity index (χ2n) is 5.69. The van der Waals surface area contributed by atoms with Crippen LogP contribution in [0.25, 0.3) is 10.8 Å². The van der Waals surface area contributed by atoms with Gasteiger partial charge in [0, 0.05) is 18.6 Å². The van der Waals surface area contributed by atoms with Crippen molar-refractivity contribution < 1.29 is 0 Å². The van der Waals surface area contributed by atoms with Crippen LogP contribution in [0.4, 0.5) is 0 Å². The van der Waals surface area contributed by atoms with E-state index in [2.05, 4.69) is 68.1 Å². The predicted molar refractivity (Wildman–Crippen MR) is 87.9 cm³/mol. The number of nitrogens with two attached hydrogens (primary N) is 1. The van der Waals surface area contributed by atoms with E-state index in [1.54, 1.807) is 0 Å². The molecule has 0 radical (unpaired) electrons. The van der Waals surface area contributed by atoms with Gasteiger partial charge in [0.05, 0.1) is 0 Å². The van der Waals surface area contributed by atoms with Crippen LogP contribution >= 0.6 is 0 Å². The largest absolute Gasteiger partial charge is 0.329 e. The maximum absolute atomic E-state index is 6.08. The number of hydrogen-bond donors (Lipinski definition) is 1. The fraction of sp³-hybridized carbons (Fsp3) is 0.444. The fourth-order valence-electron chi connectivity index (χ4n) is 2.91. The molecule has 0 heterocycles. The zero-order valence-corrected chi connectivity index (χ0v) is 12.8. The molecule has 0 aliphatic carbocycles. The summed E-state index contributed by atoms with van der Waals surface area (Å²) >= 11 is 0. The van der Waals surface area contributed by atoms with Crippen LogP contribution in [0.1, 0.15) is 38.8 Å². The normalized spacial score (nSPS) is 13.3. The molecule has 0 aromatic heterocycles. The zero-order chi connectivity index (χ0) is 14.5. The second kappa shape index (κ2) is 6.87. The minimum absolute atomic E-state index is 0.305. The Kier molecular flexibility index (Phi) is 5.16. The molecule has 0 saturated heterocycles. The minimum Gasteiger partial charge on any atom is -0.329 e. The molecule has 0 saturated carbocycles. The van der Waals surface area contributed by atoms with Gasteiger partial charge in [-0.25, -0.2) is 0 Å². The molecule has 0 aliphatic rings. The molecule has 1 atom stereocenters. The molecule has 20 heavy (non-hydrogen) atoms. The van der Waals surface area contributed by atoms with E-state index >= 15 is 0 Å². The third-order valence-corrected chi connectivity index (χ3v) is 3.93. The number of fused-ring (bicyclic) bond motifs is 1. The lowest BCUT2D eigenvalue weighted by Crippen LogP contribution is -2.39. The molecule has 2 rings (SSSR count). The Hall–Kier alpha value is -1.38. The van der Waals surface area contributed by atoms with Crippen LogP contribution in [0.3, 0.4) is 0 Å². The Morgan fingerprint density at radius 2 is 1.75 bits per heavy atom. The molecular formula is C18H26N2. The summed E-state index contributed by atoms with van der Waals surface area (Å²) in [4.78, 5) is 2.50. The Morgan fingerprint density at radius 3 is 2.35 bits per heavy atom. The smallest absolute Gasteiger partial charge is 0.0473 e. The minimum atomic E-state index is 0.305. The summed E-state index contributed by atoms with van der Waals surface area (Å²) in [6, 6.07) is 16.0. The van der Waals surface area contributed by atoms with Gasteiger partial charge in [0.1, 0.15) is 0 Å². The van der Waals surface area contributed by atoms with Gasteiger partial charge in [-0.05, 0) is 49.2 Å². The maximum Gasteiger partial charge on any atom is 0.0473 e. The van der Waals surface area contributed by atoms with Crippen molar-refractivity contribution in [3.05, 3.63) is 48.0 Å². The first kappa shape index (κ1) is 15.0. The van der Waals surface area contributed by atoms with Gasteiger partial charge in [-0.2, -0.15) is 0 Å². The van der Waals surface area contributed by atoms with E-state index in [0.29, 0.717) is 18.6 Å². The monoisotopic (exact) mass is 270 g/mol. The molecule has 0 aliphatic heterocycles. The number of nitrogens with zero attached hydrogens (tertiary/aromatic N) is 1.